The smallest absolute Gasteiger partial charge is 0.250 e. The molecule has 1 aromatic heterocycles. The van der Waals surface area contributed by atoms with Crippen LogP contribution in [0.5, 0.6) is 0 Å². The number of primary amides is 1. The van der Waals surface area contributed by atoms with Gasteiger partial charge in [0.1, 0.15) is 0 Å². The summed E-state index contributed by atoms with van der Waals surface area (Å²) in [6.45, 7) is 4.29. The normalized spacial score (nSPS) is 10.8. The number of nitrogens with one attached hydrogen (secondary N) is 1. The minimum Gasteiger partial charge on any atom is -0.441 e. The molecule has 28 heavy (non-hydrogen) atoms. The maximum absolute atomic E-state index is 12.2. The van der Waals surface area contributed by atoms with Gasteiger partial charge in [0.25, 0.3) is 5.91 Å². The number of nitrogens with two attached hydrogens (primary N) is 1. The van der Waals surface area contributed by atoms with Gasteiger partial charge < -0.3 is 15.5 Å². The molecule has 0 aliphatic heterocycles. The standard InChI is InChI=1S/C22H23N3O3/c1-14(2)15-7-9-16(10-8-15)19-13-24-21(28-19)12-11-20(26)25-18-6-4-3-5-17(18)22(23)27/h3-10,13-14H,11-12H2,1-2H3,(H2,23,27)(H,25,26). The summed E-state index contributed by atoms with van der Waals surface area (Å²) in [7, 11) is 0. The molecule has 0 unspecified atom stereocenters. The quantitative estimate of drug-likeness (QED) is 0.646. The molecule has 144 valence electrons. The van der Waals surface area contributed by atoms with E-state index in [-0.39, 0.29) is 17.9 Å². The fraction of sp³-hybridized carbons (Fsp3) is 0.227. The molecule has 0 spiro atoms. The van der Waals surface area contributed by atoms with E-state index < -0.39 is 5.91 Å². The van der Waals surface area contributed by atoms with Crippen LogP contribution in [0.4, 0.5) is 5.69 Å². The Balaban J connectivity index is 1.60. The monoisotopic (exact) mass is 377 g/mol. The van der Waals surface area contributed by atoms with E-state index >= 15 is 0 Å². The second-order valence-electron chi connectivity index (χ2n) is 6.85. The summed E-state index contributed by atoms with van der Waals surface area (Å²) in [4.78, 5) is 27.9. The molecule has 6 heteroatoms. The van der Waals surface area contributed by atoms with Crippen molar-refractivity contribution in [2.75, 3.05) is 5.32 Å². The summed E-state index contributed by atoms with van der Waals surface area (Å²) in [5.41, 5.74) is 8.21. The van der Waals surface area contributed by atoms with Crippen molar-refractivity contribution >= 4 is 17.5 Å². The summed E-state index contributed by atoms with van der Waals surface area (Å²) < 4.78 is 5.77. The Bertz CT molecular complexity index is 975. The zero-order valence-corrected chi connectivity index (χ0v) is 15.9. The van der Waals surface area contributed by atoms with Gasteiger partial charge in [0.05, 0.1) is 17.4 Å². The molecule has 3 rings (SSSR count). The van der Waals surface area contributed by atoms with Gasteiger partial charge in [0.2, 0.25) is 5.91 Å². The van der Waals surface area contributed by atoms with Crippen molar-refractivity contribution in [1.82, 2.24) is 4.98 Å². The molecule has 0 aliphatic carbocycles. The molecule has 0 fully saturated rings. The number of hydrogen-bond donors (Lipinski definition) is 2. The number of rotatable bonds is 7. The molecule has 0 radical (unpaired) electrons. The third kappa shape index (κ3) is 4.65. The lowest BCUT2D eigenvalue weighted by molar-refractivity contribution is -0.116. The average Bonchev–Trinajstić information content (AvgIpc) is 3.16. The number of para-hydroxylation sites is 1. The van der Waals surface area contributed by atoms with E-state index in [1.54, 1.807) is 30.5 Å². The highest BCUT2D eigenvalue weighted by Gasteiger charge is 2.12. The molecule has 0 atom stereocenters. The average molecular weight is 377 g/mol. The zero-order valence-electron chi connectivity index (χ0n) is 15.9. The molecule has 0 saturated heterocycles. The van der Waals surface area contributed by atoms with Crippen LogP contribution < -0.4 is 11.1 Å². The van der Waals surface area contributed by atoms with Gasteiger partial charge in [0.15, 0.2) is 11.7 Å². The van der Waals surface area contributed by atoms with Crippen LogP contribution in [0.15, 0.2) is 59.1 Å². The predicted octanol–water partition coefficient (Wildman–Crippen LogP) is 4.14. The Morgan fingerprint density at radius 2 is 1.82 bits per heavy atom. The number of hydrogen-bond acceptors (Lipinski definition) is 4. The van der Waals surface area contributed by atoms with E-state index in [0.717, 1.165) is 5.56 Å². The summed E-state index contributed by atoms with van der Waals surface area (Å²) in [6.07, 6.45) is 2.20. The number of anilines is 1. The highest BCUT2D eigenvalue weighted by molar-refractivity contribution is 6.02. The Morgan fingerprint density at radius 3 is 2.50 bits per heavy atom. The highest BCUT2D eigenvalue weighted by atomic mass is 16.4. The first-order chi connectivity index (χ1) is 13.4. The zero-order chi connectivity index (χ0) is 20.1. The lowest BCUT2D eigenvalue weighted by Crippen LogP contribution is -2.18. The van der Waals surface area contributed by atoms with Crippen molar-refractivity contribution in [2.45, 2.75) is 32.6 Å². The van der Waals surface area contributed by atoms with Gasteiger partial charge in [-0.15, -0.1) is 0 Å². The van der Waals surface area contributed by atoms with Crippen LogP contribution in [0.2, 0.25) is 0 Å². The van der Waals surface area contributed by atoms with Gasteiger partial charge >= 0.3 is 0 Å². The minimum atomic E-state index is -0.586. The molecule has 6 nitrogen and oxygen atoms in total. The highest BCUT2D eigenvalue weighted by Crippen LogP contribution is 2.24. The van der Waals surface area contributed by atoms with E-state index in [1.807, 2.05) is 12.1 Å². The lowest BCUT2D eigenvalue weighted by atomic mass is 10.0. The van der Waals surface area contributed by atoms with Crippen LogP contribution in [0, 0.1) is 0 Å². The molecule has 0 bridgehead atoms. The SMILES string of the molecule is CC(C)c1ccc(-c2cnc(CCC(=O)Nc3ccccc3C(N)=O)o2)cc1. The number of carbonyl (C=O) groups excluding carboxylic acids is 2. The second kappa shape index (κ2) is 8.52. The minimum absolute atomic E-state index is 0.180. The Hall–Kier alpha value is -3.41. The van der Waals surface area contributed by atoms with E-state index in [2.05, 4.69) is 36.3 Å². The third-order valence-corrected chi connectivity index (χ3v) is 4.45. The first-order valence-electron chi connectivity index (χ1n) is 9.17. The van der Waals surface area contributed by atoms with E-state index in [0.29, 0.717) is 29.7 Å². The van der Waals surface area contributed by atoms with Gasteiger partial charge in [-0.25, -0.2) is 4.98 Å². The maximum Gasteiger partial charge on any atom is 0.250 e. The number of oxazole rings is 1. The Morgan fingerprint density at radius 1 is 1.11 bits per heavy atom. The Labute approximate surface area is 163 Å². The number of amides is 2. The summed E-state index contributed by atoms with van der Waals surface area (Å²) >= 11 is 0. The van der Waals surface area contributed by atoms with E-state index in [1.165, 1.54) is 5.56 Å². The van der Waals surface area contributed by atoms with Gasteiger partial charge in [0, 0.05) is 18.4 Å². The first-order valence-corrected chi connectivity index (χ1v) is 9.17. The molecule has 3 N–H and O–H groups in total. The largest absolute Gasteiger partial charge is 0.441 e. The van der Waals surface area contributed by atoms with Crippen molar-refractivity contribution in [3.05, 3.63) is 71.7 Å². The van der Waals surface area contributed by atoms with Crippen LogP contribution in [0.25, 0.3) is 11.3 Å². The number of nitrogens with zero attached hydrogens (tertiary/aromatic N) is 1. The molecule has 2 amide bonds. The molecule has 0 aliphatic rings. The number of aromatic nitrogens is 1. The molecule has 3 aromatic rings. The topological polar surface area (TPSA) is 98.2 Å². The van der Waals surface area contributed by atoms with Crippen molar-refractivity contribution in [1.29, 1.82) is 0 Å². The van der Waals surface area contributed by atoms with Crippen molar-refractivity contribution < 1.29 is 14.0 Å². The fourth-order valence-corrected chi connectivity index (χ4v) is 2.83. The van der Waals surface area contributed by atoms with Gasteiger partial charge in [-0.3, -0.25) is 9.59 Å². The number of benzene rings is 2. The lowest BCUT2D eigenvalue weighted by Gasteiger charge is -2.08. The molecular weight excluding hydrogens is 354 g/mol. The number of carbonyl (C=O) groups is 2. The maximum atomic E-state index is 12.2. The van der Waals surface area contributed by atoms with Crippen LogP contribution in [0.1, 0.15) is 48.0 Å². The van der Waals surface area contributed by atoms with Crippen LogP contribution in [-0.4, -0.2) is 16.8 Å². The van der Waals surface area contributed by atoms with Crippen LogP contribution >= 0.6 is 0 Å². The van der Waals surface area contributed by atoms with Gasteiger partial charge in [-0.2, -0.15) is 0 Å². The van der Waals surface area contributed by atoms with Gasteiger partial charge in [-0.1, -0.05) is 50.2 Å². The fourth-order valence-electron chi connectivity index (χ4n) is 2.83. The van der Waals surface area contributed by atoms with E-state index in [4.69, 9.17) is 10.2 Å². The van der Waals surface area contributed by atoms with Crippen molar-refractivity contribution in [3.8, 4) is 11.3 Å². The Kier molecular flexibility index (Phi) is 5.89. The van der Waals surface area contributed by atoms with Crippen LogP contribution in [0.3, 0.4) is 0 Å². The molecule has 0 saturated carbocycles. The van der Waals surface area contributed by atoms with Crippen molar-refractivity contribution in [2.24, 2.45) is 5.73 Å². The number of aryl methyl sites for hydroxylation is 1. The summed E-state index contributed by atoms with van der Waals surface area (Å²) in [6, 6.07) is 14.8. The first kappa shape index (κ1) is 19.4. The van der Waals surface area contributed by atoms with Crippen molar-refractivity contribution in [3.63, 3.8) is 0 Å². The summed E-state index contributed by atoms with van der Waals surface area (Å²) in [5, 5.41) is 2.71. The molecular formula is C22H23N3O3. The third-order valence-electron chi connectivity index (χ3n) is 4.45. The second-order valence-corrected chi connectivity index (χ2v) is 6.85. The van der Waals surface area contributed by atoms with Crippen LogP contribution in [-0.2, 0) is 11.2 Å². The molecule has 2 aromatic carbocycles. The van der Waals surface area contributed by atoms with E-state index in [9.17, 15) is 9.59 Å². The van der Waals surface area contributed by atoms with Gasteiger partial charge in [-0.05, 0) is 23.6 Å². The molecule has 1 heterocycles. The predicted molar refractivity (Wildman–Crippen MR) is 108 cm³/mol. The summed E-state index contributed by atoms with van der Waals surface area (Å²) in [5.74, 6) is 0.801.